The summed E-state index contributed by atoms with van der Waals surface area (Å²) in [6.45, 7) is 14.4. The third-order valence-electron chi connectivity index (χ3n) is 9.36. The molecule has 2 saturated carbocycles. The lowest BCUT2D eigenvalue weighted by atomic mass is 9.66. The normalized spacial score (nSPS) is 17.7. The fourth-order valence-electron chi connectivity index (χ4n) is 6.26. The van der Waals surface area contributed by atoms with E-state index < -0.39 is 14.1 Å². The Bertz CT molecular complexity index is 1450. The van der Waals surface area contributed by atoms with Gasteiger partial charge in [-0.05, 0) is 68.2 Å². The summed E-state index contributed by atoms with van der Waals surface area (Å²) in [7, 11) is 0.582. The number of nitrogens with one attached hydrogen (secondary N) is 2. The number of aryl methyl sites for hydroxylation is 2. The van der Waals surface area contributed by atoms with Crippen molar-refractivity contribution in [2.45, 2.75) is 91.3 Å². The molecule has 3 aromatic rings. The van der Waals surface area contributed by atoms with Crippen LogP contribution in [0.25, 0.3) is 11.3 Å². The van der Waals surface area contributed by atoms with Crippen LogP contribution in [0, 0.1) is 31.1 Å². The predicted octanol–water partition coefficient (Wildman–Crippen LogP) is 5.56. The lowest BCUT2D eigenvalue weighted by Crippen LogP contribution is -2.54. The first-order chi connectivity index (χ1) is 20.4. The second-order valence-electron chi connectivity index (χ2n) is 14.0. The molecule has 2 amide bonds. The summed E-state index contributed by atoms with van der Waals surface area (Å²) in [5.74, 6) is 0.0210. The molecule has 43 heavy (non-hydrogen) atoms. The first-order valence-electron chi connectivity index (χ1n) is 15.5. The smallest absolute Gasteiger partial charge is 0.270 e. The van der Waals surface area contributed by atoms with Gasteiger partial charge in [-0.25, -0.2) is 4.68 Å². The van der Waals surface area contributed by atoms with Crippen molar-refractivity contribution in [3.63, 3.8) is 0 Å². The molecule has 2 N–H and O–H groups in total. The zero-order chi connectivity index (χ0) is 30.9. The van der Waals surface area contributed by atoms with Crippen LogP contribution < -0.4 is 10.6 Å². The number of hydrogen-bond donors (Lipinski definition) is 2. The second kappa shape index (κ2) is 12.4. The number of hydrogen-bond acceptors (Lipinski definition) is 6. The molecule has 232 valence electrons. The van der Waals surface area contributed by atoms with Gasteiger partial charge in [0.2, 0.25) is 5.91 Å². The van der Waals surface area contributed by atoms with E-state index in [0.29, 0.717) is 24.0 Å². The molecule has 0 radical (unpaired) electrons. The Labute approximate surface area is 256 Å². The summed E-state index contributed by atoms with van der Waals surface area (Å²) >= 11 is 0. The van der Waals surface area contributed by atoms with Crippen molar-refractivity contribution in [3.8, 4) is 11.3 Å². The largest absolute Gasteiger partial charge is 0.360 e. The van der Waals surface area contributed by atoms with Gasteiger partial charge in [0.15, 0.2) is 0 Å². The van der Waals surface area contributed by atoms with Gasteiger partial charge in [-0.2, -0.15) is 10.2 Å². The Kier molecular flexibility index (Phi) is 8.94. The number of carbonyl (C=O) groups is 2. The monoisotopic (exact) mass is 605 g/mol. The van der Waals surface area contributed by atoms with E-state index in [-0.39, 0.29) is 23.1 Å². The lowest BCUT2D eigenvalue weighted by Gasteiger charge is -2.42. The molecule has 0 aromatic carbocycles. The van der Waals surface area contributed by atoms with Gasteiger partial charge < -0.3 is 15.4 Å². The number of anilines is 1. The van der Waals surface area contributed by atoms with E-state index in [1.54, 1.807) is 25.5 Å². The van der Waals surface area contributed by atoms with E-state index >= 15 is 0 Å². The van der Waals surface area contributed by atoms with Crippen molar-refractivity contribution in [2.75, 3.05) is 11.9 Å². The molecule has 2 aliphatic carbocycles. The van der Waals surface area contributed by atoms with Crippen LogP contribution in [0.3, 0.4) is 0 Å². The molecule has 3 heterocycles. The van der Waals surface area contributed by atoms with Gasteiger partial charge in [-0.3, -0.25) is 19.3 Å². The van der Waals surface area contributed by atoms with Crippen LogP contribution in [0.15, 0.2) is 30.6 Å². The van der Waals surface area contributed by atoms with Crippen LogP contribution in [0.1, 0.15) is 60.9 Å². The van der Waals surface area contributed by atoms with E-state index in [1.807, 2.05) is 30.7 Å². The van der Waals surface area contributed by atoms with Crippen molar-refractivity contribution < 1.29 is 14.3 Å². The molecule has 0 spiro atoms. The number of nitrogens with zero attached hydrogens (tertiary/aromatic N) is 5. The fourth-order valence-corrected chi connectivity index (χ4v) is 7.02. The van der Waals surface area contributed by atoms with Crippen molar-refractivity contribution in [1.82, 2.24) is 29.9 Å². The Morgan fingerprint density at radius 2 is 1.91 bits per heavy atom. The average molecular weight is 606 g/mol. The number of pyridine rings is 1. The number of rotatable bonds is 13. The maximum absolute atomic E-state index is 13.9. The van der Waals surface area contributed by atoms with Crippen LogP contribution in [0.4, 0.5) is 5.69 Å². The first kappa shape index (κ1) is 31.1. The summed E-state index contributed by atoms with van der Waals surface area (Å²) in [6, 6.07) is 5.93. The summed E-state index contributed by atoms with van der Waals surface area (Å²) in [5, 5.41) is 15.0. The molecule has 5 rings (SSSR count). The minimum Gasteiger partial charge on any atom is -0.360 e. The Hall–Kier alpha value is -3.31. The number of aromatic nitrogens is 5. The quantitative estimate of drug-likeness (QED) is 0.195. The Morgan fingerprint density at radius 3 is 2.47 bits per heavy atom. The Balaban J connectivity index is 1.31. The van der Waals surface area contributed by atoms with E-state index in [1.165, 1.54) is 11.1 Å². The number of ether oxygens (including phenoxy) is 1. The van der Waals surface area contributed by atoms with Gasteiger partial charge >= 0.3 is 0 Å². The van der Waals surface area contributed by atoms with Gasteiger partial charge in [0.1, 0.15) is 18.5 Å². The third kappa shape index (κ3) is 7.09. The van der Waals surface area contributed by atoms with Crippen LogP contribution in [-0.2, 0) is 23.3 Å². The van der Waals surface area contributed by atoms with Crippen LogP contribution in [0.2, 0.25) is 25.7 Å². The van der Waals surface area contributed by atoms with Gasteiger partial charge in [0, 0.05) is 39.2 Å². The van der Waals surface area contributed by atoms with Crippen molar-refractivity contribution in [1.29, 1.82) is 0 Å². The fraction of sp³-hybridized carbons (Fsp3) is 0.594. The maximum atomic E-state index is 13.9. The highest BCUT2D eigenvalue weighted by Crippen LogP contribution is 2.58. The number of carbonyl (C=O) groups excluding carboxylic acids is 2. The topological polar surface area (TPSA) is 116 Å². The average Bonchev–Trinajstić information content (AvgIpc) is 3.39. The zero-order valence-corrected chi connectivity index (χ0v) is 27.7. The van der Waals surface area contributed by atoms with Crippen molar-refractivity contribution in [3.05, 3.63) is 47.7 Å². The van der Waals surface area contributed by atoms with Crippen LogP contribution >= 0.6 is 0 Å². The van der Waals surface area contributed by atoms with E-state index in [2.05, 4.69) is 42.3 Å². The summed E-state index contributed by atoms with van der Waals surface area (Å²) < 4.78 is 9.36. The molecule has 1 unspecified atom stereocenters. The Morgan fingerprint density at radius 1 is 1.16 bits per heavy atom. The minimum atomic E-state index is -1.15. The molecule has 10 nitrogen and oxygen atoms in total. The molecular weight excluding hydrogens is 558 g/mol. The van der Waals surface area contributed by atoms with Crippen LogP contribution in [-0.4, -0.2) is 57.1 Å². The predicted molar refractivity (Wildman–Crippen MR) is 170 cm³/mol. The van der Waals surface area contributed by atoms with E-state index in [0.717, 1.165) is 61.0 Å². The lowest BCUT2D eigenvalue weighted by molar-refractivity contribution is -0.121. The van der Waals surface area contributed by atoms with E-state index in [9.17, 15) is 9.59 Å². The van der Waals surface area contributed by atoms with Gasteiger partial charge in [0.25, 0.3) is 5.91 Å². The van der Waals surface area contributed by atoms with Crippen molar-refractivity contribution in [2.24, 2.45) is 24.3 Å². The summed E-state index contributed by atoms with van der Waals surface area (Å²) in [6.07, 6.45) is 8.79. The molecular formula is C32H47N7O3Si. The van der Waals surface area contributed by atoms with Crippen molar-refractivity contribution >= 4 is 25.6 Å². The minimum absolute atomic E-state index is 0.0581. The number of amides is 2. The molecule has 11 heteroatoms. The molecule has 2 fully saturated rings. The van der Waals surface area contributed by atoms with Gasteiger partial charge in [0.05, 0.1) is 23.3 Å². The highest BCUT2D eigenvalue weighted by Gasteiger charge is 2.54. The molecule has 0 aliphatic heterocycles. The first-order valence-corrected chi connectivity index (χ1v) is 19.2. The van der Waals surface area contributed by atoms with Gasteiger partial charge in [-0.1, -0.05) is 45.8 Å². The molecule has 2 atom stereocenters. The van der Waals surface area contributed by atoms with E-state index in [4.69, 9.17) is 14.8 Å². The second-order valence-corrected chi connectivity index (χ2v) is 19.6. The molecule has 0 saturated heterocycles. The van der Waals surface area contributed by atoms with Gasteiger partial charge in [-0.15, -0.1) is 0 Å². The molecule has 3 aromatic heterocycles. The van der Waals surface area contributed by atoms with Crippen LogP contribution in [0.5, 0.6) is 0 Å². The summed E-state index contributed by atoms with van der Waals surface area (Å²) in [4.78, 5) is 31.9. The SMILES string of the molecule is Cc1nn(COCC[Si](C)(C)C)c(C)c1-c1ccc(NC(=O)[C@@H](NC(=O)c2ccnn2C)C(C2CCC2)C2(C)CC2)cn1. The highest BCUT2D eigenvalue weighted by molar-refractivity contribution is 6.76. The maximum Gasteiger partial charge on any atom is 0.270 e. The zero-order valence-electron chi connectivity index (χ0n) is 26.7. The highest BCUT2D eigenvalue weighted by atomic mass is 28.3. The molecule has 2 aliphatic rings. The molecule has 0 bridgehead atoms. The standard InChI is InChI=1S/C32H47N7O3Si/c1-21-27(22(2)39(37-21)20-42-17-18-43(5,6)7)25-12-11-24(19-33-25)35-31(41)29(36-30(40)26-13-16-34-38(26)4)28(23-9-8-10-23)32(3)14-15-32/h11-13,16,19,23,28-29H,8-10,14-15,17-18,20H2,1-7H3,(H,35,41)(H,36,40)/t28?,29-/m0/s1. The summed E-state index contributed by atoms with van der Waals surface area (Å²) in [5.41, 5.74) is 4.73. The third-order valence-corrected chi connectivity index (χ3v) is 11.1.